The number of aromatic nitrogens is 1. The van der Waals surface area contributed by atoms with Gasteiger partial charge in [-0.05, 0) is 50.2 Å². The van der Waals surface area contributed by atoms with Crippen molar-refractivity contribution < 1.29 is 42.2 Å². The van der Waals surface area contributed by atoms with Gasteiger partial charge in [0, 0.05) is 55.1 Å². The van der Waals surface area contributed by atoms with E-state index in [4.69, 9.17) is 14.5 Å². The summed E-state index contributed by atoms with van der Waals surface area (Å²) in [6, 6.07) is 13.4. The van der Waals surface area contributed by atoms with Crippen molar-refractivity contribution in [1.29, 1.82) is 0 Å². The monoisotopic (exact) mass is 846 g/mol. The Balaban J connectivity index is 1.32. The highest BCUT2D eigenvalue weighted by atomic mass is 32.2. The first-order chi connectivity index (χ1) is 28.4. The summed E-state index contributed by atoms with van der Waals surface area (Å²) in [5.41, 5.74) is 0.0644. The first-order valence-electron chi connectivity index (χ1n) is 20.7. The number of amides is 4. The molecule has 1 saturated heterocycles. The number of carbonyl (C=O) groups excluding carboxylic acids is 3. The summed E-state index contributed by atoms with van der Waals surface area (Å²) in [4.78, 5) is 61.9. The van der Waals surface area contributed by atoms with Crippen LogP contribution < -0.4 is 25.4 Å². The van der Waals surface area contributed by atoms with Crippen molar-refractivity contribution in [2.24, 2.45) is 11.3 Å². The molecule has 0 spiro atoms. The minimum absolute atomic E-state index is 0.0153. The third-order valence-corrected chi connectivity index (χ3v) is 13.7. The molecule has 16 heteroatoms. The molecule has 2 aromatic carbocycles. The SMILES string of the molecule is CCS(=O)(=O)N(C)CC(NC(=O)N[C@H]1CCCCC/C=C\C2C[C@@]2(C(=O)O)NC(=O)[C@@H]2C[C@@H](Oc3cc(-c4ccccc4)nc4cc(OC)ccc34)CN2C1=O)C(C)(C)C. The van der Waals surface area contributed by atoms with Gasteiger partial charge in [0.15, 0.2) is 0 Å². The molecule has 3 heterocycles. The number of carbonyl (C=O) groups is 4. The highest BCUT2D eigenvalue weighted by molar-refractivity contribution is 7.89. The molecule has 1 aliphatic carbocycles. The average molecular weight is 847 g/mol. The summed E-state index contributed by atoms with van der Waals surface area (Å²) in [6.45, 7) is 7.22. The minimum atomic E-state index is -3.54. The van der Waals surface area contributed by atoms with E-state index in [2.05, 4.69) is 16.0 Å². The first-order valence-corrected chi connectivity index (χ1v) is 22.3. The van der Waals surface area contributed by atoms with Gasteiger partial charge >= 0.3 is 12.0 Å². The molecule has 60 heavy (non-hydrogen) atoms. The topological polar surface area (TPSA) is 197 Å². The number of carboxylic acids is 1. The van der Waals surface area contributed by atoms with E-state index in [0.29, 0.717) is 40.9 Å². The number of urea groups is 1. The zero-order valence-electron chi connectivity index (χ0n) is 35.3. The number of carboxylic acid groups (broad SMARTS) is 1. The van der Waals surface area contributed by atoms with Crippen LogP contribution in [-0.4, -0.2) is 114 Å². The van der Waals surface area contributed by atoms with Gasteiger partial charge in [0.2, 0.25) is 21.8 Å². The molecule has 4 amide bonds. The normalized spacial score (nSPS) is 24.9. The van der Waals surface area contributed by atoms with Crippen LogP contribution in [0.3, 0.4) is 0 Å². The lowest BCUT2D eigenvalue weighted by Gasteiger charge is -2.35. The van der Waals surface area contributed by atoms with Crippen molar-refractivity contribution >= 4 is 44.7 Å². The van der Waals surface area contributed by atoms with E-state index in [9.17, 15) is 32.7 Å². The number of fused-ring (bicyclic) bond motifs is 3. The van der Waals surface area contributed by atoms with Crippen molar-refractivity contribution in [3.63, 3.8) is 0 Å². The second-order valence-electron chi connectivity index (χ2n) is 17.1. The zero-order chi connectivity index (χ0) is 43.4. The number of hydrogen-bond acceptors (Lipinski definition) is 9. The van der Waals surface area contributed by atoms with Gasteiger partial charge < -0.3 is 35.4 Å². The van der Waals surface area contributed by atoms with Crippen LogP contribution in [0.1, 0.15) is 72.6 Å². The number of ether oxygens (including phenoxy) is 2. The Hall–Kier alpha value is -5.22. The van der Waals surface area contributed by atoms with Crippen LogP contribution in [0.2, 0.25) is 0 Å². The molecule has 0 radical (unpaired) electrons. The Bertz CT molecular complexity index is 2210. The van der Waals surface area contributed by atoms with Crippen LogP contribution in [0.15, 0.2) is 66.7 Å². The predicted molar refractivity (Wildman–Crippen MR) is 228 cm³/mol. The minimum Gasteiger partial charge on any atom is -0.497 e. The highest BCUT2D eigenvalue weighted by Gasteiger charge is 2.61. The van der Waals surface area contributed by atoms with Gasteiger partial charge in [0.25, 0.3) is 0 Å². The maximum Gasteiger partial charge on any atom is 0.330 e. The van der Waals surface area contributed by atoms with Crippen LogP contribution >= 0.6 is 0 Å². The van der Waals surface area contributed by atoms with E-state index in [0.717, 1.165) is 18.4 Å². The highest BCUT2D eigenvalue weighted by Crippen LogP contribution is 2.45. The summed E-state index contributed by atoms with van der Waals surface area (Å²) in [5.74, 6) is -1.67. The number of nitrogens with one attached hydrogen (secondary N) is 3. The molecule has 15 nitrogen and oxygen atoms in total. The number of likely N-dealkylation sites (N-methyl/N-ethyl adjacent to an activating group) is 1. The van der Waals surface area contributed by atoms with Gasteiger partial charge in [-0.1, -0.05) is 76.1 Å². The Labute approximate surface area is 352 Å². The van der Waals surface area contributed by atoms with Gasteiger partial charge in [-0.2, -0.15) is 0 Å². The molecule has 6 atom stereocenters. The second kappa shape index (κ2) is 18.2. The van der Waals surface area contributed by atoms with Crippen LogP contribution in [0, 0.1) is 11.3 Å². The molecule has 6 rings (SSSR count). The van der Waals surface area contributed by atoms with Gasteiger partial charge in [-0.15, -0.1) is 0 Å². The quantitative estimate of drug-likeness (QED) is 0.189. The molecule has 324 valence electrons. The molecular weight excluding hydrogens is 789 g/mol. The summed E-state index contributed by atoms with van der Waals surface area (Å²) < 4.78 is 38.7. The lowest BCUT2D eigenvalue weighted by Crippen LogP contribution is -2.59. The Morgan fingerprint density at radius 1 is 1.10 bits per heavy atom. The van der Waals surface area contributed by atoms with Gasteiger partial charge in [0.05, 0.1) is 30.6 Å². The fourth-order valence-electron chi connectivity index (χ4n) is 7.97. The molecule has 0 bridgehead atoms. The number of allylic oxidation sites excluding steroid dienone is 1. The van der Waals surface area contributed by atoms with Crippen molar-refractivity contribution in [3.8, 4) is 22.8 Å². The van der Waals surface area contributed by atoms with Crippen LogP contribution in [-0.2, 0) is 24.4 Å². The molecule has 2 unspecified atom stereocenters. The third-order valence-electron chi connectivity index (χ3n) is 11.9. The number of methoxy groups -OCH3 is 1. The molecule has 1 aromatic heterocycles. The molecule has 1 saturated carbocycles. The summed E-state index contributed by atoms with van der Waals surface area (Å²) >= 11 is 0. The first kappa shape index (κ1) is 44.3. The van der Waals surface area contributed by atoms with E-state index in [1.54, 1.807) is 20.1 Å². The fraction of sp³-hybridized carbons (Fsp3) is 0.523. The van der Waals surface area contributed by atoms with E-state index in [-0.39, 0.29) is 38.1 Å². The second-order valence-corrected chi connectivity index (χ2v) is 19.5. The van der Waals surface area contributed by atoms with E-state index >= 15 is 0 Å². The predicted octanol–water partition coefficient (Wildman–Crippen LogP) is 5.10. The van der Waals surface area contributed by atoms with E-state index in [1.807, 2.05) is 81.5 Å². The maximum absolute atomic E-state index is 14.8. The Morgan fingerprint density at radius 3 is 2.53 bits per heavy atom. The number of rotatable bonds is 11. The van der Waals surface area contributed by atoms with Crippen LogP contribution in [0.4, 0.5) is 4.79 Å². The van der Waals surface area contributed by atoms with Gasteiger partial charge in [0.1, 0.15) is 35.2 Å². The number of hydrogen-bond donors (Lipinski definition) is 4. The Morgan fingerprint density at radius 2 is 1.85 bits per heavy atom. The molecule has 2 aliphatic heterocycles. The standard InChI is InChI=1S/C44H58N6O9S/c1-7-60(56,57)49(5)27-38(43(2,3)4)47-42(55)46-33-19-15-10-8-9-14-18-29-25-44(29,41(53)54)48-39(51)36-23-31(26-50(36)40(33)52)59-37-24-34(28-16-12-11-13-17-28)45-35-22-30(58-6)20-21-32(35)37/h11-14,16-18,20-22,24,29,31,33,36,38H,7-10,15,19,23,25-27H2,1-6H3,(H,48,51)(H,53,54)(H2,46,47,55)/b18-14-/t29?,31-,33+,36+,38?,44-/m1/s1. The largest absolute Gasteiger partial charge is 0.497 e. The number of aliphatic carboxylic acids is 1. The molecule has 2 fully saturated rings. The molecule has 3 aromatic rings. The van der Waals surface area contributed by atoms with Crippen molar-refractivity contribution in [3.05, 3.63) is 66.7 Å². The van der Waals surface area contributed by atoms with Crippen molar-refractivity contribution in [2.45, 2.75) is 102 Å². The van der Waals surface area contributed by atoms with E-state index < -0.39 is 74.9 Å². The van der Waals surface area contributed by atoms with Gasteiger partial charge in [-0.3, -0.25) is 9.59 Å². The Kier molecular flexibility index (Phi) is 13.4. The number of benzene rings is 2. The van der Waals surface area contributed by atoms with Gasteiger partial charge in [-0.25, -0.2) is 27.3 Å². The lowest BCUT2D eigenvalue weighted by atomic mass is 9.87. The van der Waals surface area contributed by atoms with Crippen LogP contribution in [0.25, 0.3) is 22.2 Å². The molecular formula is C44H58N6O9S. The third kappa shape index (κ3) is 10.0. The molecule has 4 N–H and O–H groups in total. The summed E-state index contributed by atoms with van der Waals surface area (Å²) in [7, 11) is -0.498. The smallest absolute Gasteiger partial charge is 0.330 e. The number of nitrogens with zero attached hydrogens (tertiary/aromatic N) is 3. The number of pyridine rings is 1. The van der Waals surface area contributed by atoms with Crippen LogP contribution in [0.5, 0.6) is 11.5 Å². The lowest BCUT2D eigenvalue weighted by molar-refractivity contribution is -0.145. The van der Waals surface area contributed by atoms with E-state index in [1.165, 1.54) is 16.3 Å². The number of sulfonamides is 1. The summed E-state index contributed by atoms with van der Waals surface area (Å²) in [6.07, 6.45) is 6.47. The average Bonchev–Trinajstić information content (AvgIpc) is 3.75. The zero-order valence-corrected chi connectivity index (χ0v) is 36.1. The maximum atomic E-state index is 14.8. The molecule has 3 aliphatic rings. The van der Waals surface area contributed by atoms with Crippen molar-refractivity contribution in [2.75, 3.05) is 33.0 Å². The summed E-state index contributed by atoms with van der Waals surface area (Å²) in [5, 5.41) is 19.6. The fourth-order valence-corrected chi connectivity index (χ4v) is 8.79. The van der Waals surface area contributed by atoms with Crippen molar-refractivity contribution in [1.82, 2.24) is 30.1 Å².